The van der Waals surface area contributed by atoms with E-state index in [0.717, 1.165) is 17.5 Å². The van der Waals surface area contributed by atoms with Crippen molar-refractivity contribution in [3.05, 3.63) is 53.1 Å². The maximum atomic E-state index is 12.0. The molecule has 1 unspecified atom stereocenters. The summed E-state index contributed by atoms with van der Waals surface area (Å²) in [6, 6.07) is 9.84. The van der Waals surface area contributed by atoms with Crippen molar-refractivity contribution >= 4 is 17.9 Å². The molecule has 2 aromatic rings. The summed E-state index contributed by atoms with van der Waals surface area (Å²) in [5.74, 6) is -0.708. The lowest BCUT2D eigenvalue weighted by molar-refractivity contribution is -0.145. The lowest BCUT2D eigenvalue weighted by atomic mass is 9.99. The van der Waals surface area contributed by atoms with Crippen LogP contribution in [0.4, 0.5) is 0 Å². The van der Waals surface area contributed by atoms with Crippen molar-refractivity contribution in [2.75, 3.05) is 19.6 Å². The number of fused-ring (bicyclic) bond motifs is 1. The molecule has 11 nitrogen and oxygen atoms in total. The topological polar surface area (TPSA) is 182 Å². The molecule has 4 rings (SSSR count). The molecule has 2 aliphatic heterocycles. The number of carboxylic acid groups (broad SMARTS) is 1. The summed E-state index contributed by atoms with van der Waals surface area (Å²) in [7, 11) is 0. The van der Waals surface area contributed by atoms with Gasteiger partial charge in [-0.2, -0.15) is 0 Å². The van der Waals surface area contributed by atoms with Crippen molar-refractivity contribution in [3.8, 4) is 17.2 Å². The molecule has 1 atom stereocenters. The zero-order valence-corrected chi connectivity index (χ0v) is 19.2. The van der Waals surface area contributed by atoms with Gasteiger partial charge in [-0.05, 0) is 41.8 Å². The predicted octanol–water partition coefficient (Wildman–Crippen LogP) is 1.59. The van der Waals surface area contributed by atoms with Crippen LogP contribution in [0.15, 0.2) is 36.4 Å². The summed E-state index contributed by atoms with van der Waals surface area (Å²) in [5.41, 5.74) is 13.4. The molecular weight excluding hydrogens is 452 g/mol. The Kier molecular flexibility index (Phi) is 6.85. The Labute approximate surface area is 202 Å². The summed E-state index contributed by atoms with van der Waals surface area (Å²) in [6.07, 6.45) is 0.570. The molecule has 2 aliphatic rings. The normalized spacial score (nSPS) is 16.8. The van der Waals surface area contributed by atoms with Crippen molar-refractivity contribution in [2.45, 2.75) is 38.0 Å². The van der Waals surface area contributed by atoms with Crippen LogP contribution in [0.3, 0.4) is 0 Å². The summed E-state index contributed by atoms with van der Waals surface area (Å²) < 4.78 is 11.7. The summed E-state index contributed by atoms with van der Waals surface area (Å²) in [5, 5.41) is 35.5. The van der Waals surface area contributed by atoms with Gasteiger partial charge in [0.2, 0.25) is 6.10 Å². The van der Waals surface area contributed by atoms with Crippen LogP contribution >= 0.6 is 0 Å². The number of aromatic hydroxyl groups is 1. The van der Waals surface area contributed by atoms with E-state index in [4.69, 9.17) is 31.8 Å². The van der Waals surface area contributed by atoms with Gasteiger partial charge in [-0.15, -0.1) is 0 Å². The molecule has 0 saturated carbocycles. The number of hydrogen-bond donors (Lipinski definition) is 6. The van der Waals surface area contributed by atoms with Gasteiger partial charge in [-0.25, -0.2) is 4.79 Å². The fraction of sp³-hybridized carbons (Fsp3) is 0.375. The fourth-order valence-electron chi connectivity index (χ4n) is 4.40. The number of carbonyl (C=O) groups is 1. The molecule has 2 heterocycles. The van der Waals surface area contributed by atoms with Crippen LogP contribution in [0.1, 0.15) is 35.6 Å². The third-order valence-corrected chi connectivity index (χ3v) is 6.37. The van der Waals surface area contributed by atoms with Crippen LogP contribution in [0.25, 0.3) is 0 Å². The second-order valence-corrected chi connectivity index (χ2v) is 8.74. The lowest BCUT2D eigenvalue weighted by Gasteiger charge is -2.32. The van der Waals surface area contributed by atoms with Crippen molar-refractivity contribution in [2.24, 2.45) is 11.5 Å². The highest BCUT2D eigenvalue weighted by atomic mass is 16.5. The first-order valence-corrected chi connectivity index (χ1v) is 11.4. The summed E-state index contributed by atoms with van der Waals surface area (Å²) >= 11 is 0. The number of nitrogens with one attached hydrogen (secondary N) is 2. The van der Waals surface area contributed by atoms with E-state index in [9.17, 15) is 15.0 Å². The Morgan fingerprint density at radius 2 is 1.71 bits per heavy atom. The Balaban J connectivity index is 1.46. The number of benzene rings is 2. The van der Waals surface area contributed by atoms with Gasteiger partial charge in [-0.1, -0.05) is 12.1 Å². The third kappa shape index (κ3) is 5.51. The van der Waals surface area contributed by atoms with Crippen LogP contribution in [0.5, 0.6) is 17.2 Å². The number of hydrogen-bond acceptors (Lipinski definition) is 6. The number of rotatable bonds is 6. The molecule has 0 spiro atoms. The Hall–Kier alpha value is -4.15. The highest BCUT2D eigenvalue weighted by Gasteiger charge is 2.26. The number of nitrogens with two attached hydrogens (primary N) is 2. The van der Waals surface area contributed by atoms with E-state index in [2.05, 4.69) is 0 Å². The maximum absolute atomic E-state index is 12.0. The van der Waals surface area contributed by atoms with E-state index in [1.54, 1.807) is 34.1 Å². The quantitative estimate of drug-likeness (QED) is 0.263. The molecule has 8 N–H and O–H groups in total. The van der Waals surface area contributed by atoms with E-state index in [1.165, 1.54) is 6.07 Å². The fourth-order valence-corrected chi connectivity index (χ4v) is 4.40. The zero-order valence-electron chi connectivity index (χ0n) is 19.2. The highest BCUT2D eigenvalue weighted by Crippen LogP contribution is 2.34. The summed E-state index contributed by atoms with van der Waals surface area (Å²) in [4.78, 5) is 15.5. The van der Waals surface area contributed by atoms with Gasteiger partial charge in [-0.3, -0.25) is 10.8 Å². The number of ether oxygens (including phenoxy) is 2. The van der Waals surface area contributed by atoms with Crippen molar-refractivity contribution in [1.82, 2.24) is 9.80 Å². The van der Waals surface area contributed by atoms with E-state index < -0.39 is 12.1 Å². The third-order valence-electron chi connectivity index (χ3n) is 6.37. The van der Waals surface area contributed by atoms with Gasteiger partial charge in [0.05, 0.1) is 0 Å². The number of phenolic OH excluding ortho intramolecular Hbond substituents is 1. The SMILES string of the molecule is N=C(N)N1CCC(Oc2ccc(C(Oc3ccc4c(c3)CN(C(=N)N)CC4)C(=O)O)cc2O)CC1. The minimum Gasteiger partial charge on any atom is -0.504 e. The smallest absolute Gasteiger partial charge is 0.349 e. The predicted molar refractivity (Wildman–Crippen MR) is 129 cm³/mol. The standard InChI is InChI=1S/C24H30N6O5/c25-23(26)29-9-6-17(7-10-29)34-20-4-2-15(12-19(20)31)21(22(32)33)35-18-3-1-14-5-8-30(24(27)28)13-16(14)11-18/h1-4,11-12,17,21,31H,5-10,13H2,(H3,25,26)(H3,27,28)(H,32,33). The molecule has 1 saturated heterocycles. The van der Waals surface area contributed by atoms with Gasteiger partial charge in [0.15, 0.2) is 23.4 Å². The van der Waals surface area contributed by atoms with Crippen LogP contribution in [0, 0.1) is 10.8 Å². The molecule has 1 fully saturated rings. The van der Waals surface area contributed by atoms with E-state index in [1.807, 2.05) is 6.07 Å². The molecule has 0 aromatic heterocycles. The molecule has 2 aromatic carbocycles. The molecule has 0 radical (unpaired) electrons. The molecule has 0 bridgehead atoms. The van der Waals surface area contributed by atoms with Gasteiger partial charge in [0, 0.05) is 44.6 Å². The molecule has 186 valence electrons. The van der Waals surface area contributed by atoms with Crippen LogP contribution < -0.4 is 20.9 Å². The number of guanidine groups is 2. The second-order valence-electron chi connectivity index (χ2n) is 8.74. The number of likely N-dealkylation sites (tertiary alicyclic amines) is 1. The molecule has 0 aliphatic carbocycles. The molecule has 35 heavy (non-hydrogen) atoms. The first kappa shape index (κ1) is 24.0. The number of aliphatic carboxylic acids is 1. The molecular formula is C24H30N6O5. The van der Waals surface area contributed by atoms with Crippen LogP contribution in [-0.2, 0) is 17.8 Å². The number of phenols is 1. The number of piperidine rings is 1. The minimum absolute atomic E-state index is 0.00688. The molecule has 11 heteroatoms. The Morgan fingerprint density at radius 1 is 1.00 bits per heavy atom. The summed E-state index contributed by atoms with van der Waals surface area (Å²) in [6.45, 7) is 2.30. The van der Waals surface area contributed by atoms with Crippen LogP contribution in [0.2, 0.25) is 0 Å². The van der Waals surface area contributed by atoms with Crippen LogP contribution in [-0.4, -0.2) is 63.6 Å². The van der Waals surface area contributed by atoms with Gasteiger partial charge >= 0.3 is 5.97 Å². The second kappa shape index (κ2) is 10.00. The van der Waals surface area contributed by atoms with Crippen molar-refractivity contribution in [1.29, 1.82) is 10.8 Å². The first-order chi connectivity index (χ1) is 16.7. The number of nitrogens with zero attached hydrogens (tertiary/aromatic N) is 2. The largest absolute Gasteiger partial charge is 0.504 e. The van der Waals surface area contributed by atoms with Gasteiger partial charge < -0.3 is 41.0 Å². The number of carboxylic acids is 1. The Bertz CT molecular complexity index is 1130. The minimum atomic E-state index is -1.33. The monoisotopic (exact) mass is 482 g/mol. The van der Waals surface area contributed by atoms with Gasteiger partial charge in [0.25, 0.3) is 0 Å². The highest BCUT2D eigenvalue weighted by molar-refractivity contribution is 5.76. The van der Waals surface area contributed by atoms with E-state index in [-0.39, 0.29) is 35.1 Å². The lowest BCUT2D eigenvalue weighted by Crippen LogP contribution is -2.44. The maximum Gasteiger partial charge on any atom is 0.349 e. The van der Waals surface area contributed by atoms with Crippen molar-refractivity contribution < 1.29 is 24.5 Å². The Morgan fingerprint density at radius 3 is 2.34 bits per heavy atom. The zero-order chi connectivity index (χ0) is 25.1. The van der Waals surface area contributed by atoms with Gasteiger partial charge in [0.1, 0.15) is 11.9 Å². The van der Waals surface area contributed by atoms with E-state index in [0.29, 0.717) is 44.8 Å². The average molecular weight is 483 g/mol. The van der Waals surface area contributed by atoms with E-state index >= 15 is 0 Å². The molecule has 0 amide bonds. The average Bonchev–Trinajstić information content (AvgIpc) is 2.83. The first-order valence-electron chi connectivity index (χ1n) is 11.4. The van der Waals surface area contributed by atoms with Crippen molar-refractivity contribution in [3.63, 3.8) is 0 Å².